The van der Waals surface area contributed by atoms with Crippen molar-refractivity contribution in [2.24, 2.45) is 5.92 Å². The largest absolute Gasteiger partial charge is 0.355 e. The quantitative estimate of drug-likeness (QED) is 0.794. The Bertz CT molecular complexity index is 396. The summed E-state index contributed by atoms with van der Waals surface area (Å²) in [5.74, 6) is 1.37. The summed E-state index contributed by atoms with van der Waals surface area (Å²) in [6.07, 6.45) is 3.66. The lowest BCUT2D eigenvalue weighted by Gasteiger charge is -2.31. The van der Waals surface area contributed by atoms with Crippen LogP contribution in [0.15, 0.2) is 11.1 Å². The number of aromatic amines is 1. The van der Waals surface area contributed by atoms with Crippen molar-refractivity contribution in [2.45, 2.75) is 19.8 Å². The first-order valence-corrected chi connectivity index (χ1v) is 5.54. The zero-order valence-corrected chi connectivity index (χ0v) is 9.42. The highest BCUT2D eigenvalue weighted by atomic mass is 35.5. The van der Waals surface area contributed by atoms with Crippen LogP contribution < -0.4 is 10.5 Å². The molecular weight excluding hydrogens is 214 g/mol. The Kier molecular flexibility index (Phi) is 2.95. The molecule has 0 radical (unpaired) electrons. The Labute approximate surface area is 93.3 Å². The Hall–Kier alpha value is -1.03. The third kappa shape index (κ3) is 2.15. The fourth-order valence-electron chi connectivity index (χ4n) is 1.81. The summed E-state index contributed by atoms with van der Waals surface area (Å²) >= 11 is 5.92. The third-order valence-electron chi connectivity index (χ3n) is 2.86. The fourth-order valence-corrected chi connectivity index (χ4v) is 2.04. The summed E-state index contributed by atoms with van der Waals surface area (Å²) in [7, 11) is 0. The van der Waals surface area contributed by atoms with Crippen LogP contribution in [-0.4, -0.2) is 23.1 Å². The van der Waals surface area contributed by atoms with E-state index in [1.165, 1.54) is 6.33 Å². The molecule has 1 aromatic heterocycles. The molecule has 0 spiro atoms. The van der Waals surface area contributed by atoms with Gasteiger partial charge in [0.05, 0.1) is 6.33 Å². The van der Waals surface area contributed by atoms with Crippen molar-refractivity contribution < 1.29 is 0 Å². The van der Waals surface area contributed by atoms with Gasteiger partial charge in [-0.1, -0.05) is 18.5 Å². The van der Waals surface area contributed by atoms with Gasteiger partial charge in [0, 0.05) is 13.1 Å². The highest BCUT2D eigenvalue weighted by Crippen LogP contribution is 2.24. The summed E-state index contributed by atoms with van der Waals surface area (Å²) in [6, 6.07) is 0. The molecule has 0 saturated carbocycles. The van der Waals surface area contributed by atoms with Crippen molar-refractivity contribution in [3.05, 3.63) is 21.7 Å². The van der Waals surface area contributed by atoms with E-state index in [0.29, 0.717) is 5.82 Å². The van der Waals surface area contributed by atoms with Gasteiger partial charge in [-0.25, -0.2) is 4.98 Å². The van der Waals surface area contributed by atoms with Crippen molar-refractivity contribution in [3.8, 4) is 0 Å². The van der Waals surface area contributed by atoms with Crippen molar-refractivity contribution >= 4 is 17.4 Å². The molecule has 0 amide bonds. The van der Waals surface area contributed by atoms with Crippen LogP contribution in [0.2, 0.25) is 5.02 Å². The average molecular weight is 228 g/mol. The Morgan fingerprint density at radius 2 is 2.20 bits per heavy atom. The molecule has 1 saturated heterocycles. The molecule has 1 aliphatic rings. The maximum atomic E-state index is 11.3. The zero-order chi connectivity index (χ0) is 10.8. The lowest BCUT2D eigenvalue weighted by Crippen LogP contribution is -2.34. The smallest absolute Gasteiger partial charge is 0.271 e. The first kappa shape index (κ1) is 10.5. The first-order chi connectivity index (χ1) is 7.18. The van der Waals surface area contributed by atoms with E-state index in [1.807, 2.05) is 0 Å². The highest BCUT2D eigenvalue weighted by Gasteiger charge is 2.19. The molecule has 1 fully saturated rings. The molecule has 4 nitrogen and oxygen atoms in total. The third-order valence-corrected chi connectivity index (χ3v) is 3.20. The van der Waals surface area contributed by atoms with Gasteiger partial charge in [-0.05, 0) is 18.8 Å². The lowest BCUT2D eigenvalue weighted by atomic mass is 9.99. The van der Waals surface area contributed by atoms with Gasteiger partial charge in [0.15, 0.2) is 5.82 Å². The van der Waals surface area contributed by atoms with Gasteiger partial charge >= 0.3 is 0 Å². The molecule has 15 heavy (non-hydrogen) atoms. The Morgan fingerprint density at radius 1 is 1.53 bits per heavy atom. The summed E-state index contributed by atoms with van der Waals surface area (Å²) in [6.45, 7) is 4.10. The van der Waals surface area contributed by atoms with E-state index in [-0.39, 0.29) is 10.6 Å². The minimum atomic E-state index is -0.264. The van der Waals surface area contributed by atoms with Gasteiger partial charge in [-0.3, -0.25) is 4.79 Å². The van der Waals surface area contributed by atoms with Crippen LogP contribution in [0, 0.1) is 5.92 Å². The molecule has 1 N–H and O–H groups in total. The van der Waals surface area contributed by atoms with E-state index in [9.17, 15) is 4.79 Å². The standard InChI is InChI=1S/C10H14ClN3O/c1-7-2-4-14(5-3-7)9-8(11)10(15)13-6-12-9/h6-7H,2-5H2,1H3,(H,12,13,15). The number of hydrogen-bond acceptors (Lipinski definition) is 3. The van der Waals surface area contributed by atoms with Gasteiger partial charge < -0.3 is 9.88 Å². The summed E-state index contributed by atoms with van der Waals surface area (Å²) in [5, 5.41) is 0.201. The van der Waals surface area contributed by atoms with Crippen LogP contribution in [-0.2, 0) is 0 Å². The Balaban J connectivity index is 2.23. The number of nitrogens with one attached hydrogen (secondary N) is 1. The summed E-state index contributed by atoms with van der Waals surface area (Å²) < 4.78 is 0. The van der Waals surface area contributed by atoms with Crippen molar-refractivity contribution in [2.75, 3.05) is 18.0 Å². The number of H-pyrrole nitrogens is 1. The number of aromatic nitrogens is 2. The molecule has 5 heteroatoms. The van der Waals surface area contributed by atoms with Crippen LogP contribution in [0.1, 0.15) is 19.8 Å². The predicted octanol–water partition coefficient (Wildman–Crippen LogP) is 1.66. The molecule has 1 aliphatic heterocycles. The minimum absolute atomic E-state index is 0.201. The molecular formula is C10H14ClN3O. The molecule has 2 heterocycles. The Morgan fingerprint density at radius 3 is 2.87 bits per heavy atom. The maximum absolute atomic E-state index is 11.3. The van der Waals surface area contributed by atoms with Crippen molar-refractivity contribution in [1.29, 1.82) is 0 Å². The number of anilines is 1. The molecule has 0 atom stereocenters. The van der Waals surface area contributed by atoms with E-state index in [0.717, 1.165) is 31.8 Å². The maximum Gasteiger partial charge on any atom is 0.271 e. The number of rotatable bonds is 1. The van der Waals surface area contributed by atoms with E-state index in [4.69, 9.17) is 11.6 Å². The van der Waals surface area contributed by atoms with Gasteiger partial charge in [-0.2, -0.15) is 0 Å². The predicted molar refractivity (Wildman–Crippen MR) is 60.5 cm³/mol. The average Bonchev–Trinajstić information content (AvgIpc) is 2.24. The monoisotopic (exact) mass is 227 g/mol. The zero-order valence-electron chi connectivity index (χ0n) is 8.66. The lowest BCUT2D eigenvalue weighted by molar-refractivity contribution is 0.436. The second kappa shape index (κ2) is 4.23. The van der Waals surface area contributed by atoms with E-state index in [1.54, 1.807) is 0 Å². The minimum Gasteiger partial charge on any atom is -0.355 e. The van der Waals surface area contributed by atoms with E-state index >= 15 is 0 Å². The molecule has 0 aliphatic carbocycles. The second-order valence-electron chi connectivity index (χ2n) is 4.04. The number of piperidine rings is 1. The van der Waals surface area contributed by atoms with Crippen LogP contribution in [0.3, 0.4) is 0 Å². The SMILES string of the molecule is CC1CCN(c2nc[nH]c(=O)c2Cl)CC1. The second-order valence-corrected chi connectivity index (χ2v) is 4.42. The van der Waals surface area contributed by atoms with Gasteiger partial charge in [-0.15, -0.1) is 0 Å². The number of halogens is 1. The van der Waals surface area contributed by atoms with Crippen molar-refractivity contribution in [3.63, 3.8) is 0 Å². The first-order valence-electron chi connectivity index (χ1n) is 5.16. The molecule has 1 aromatic rings. The molecule has 0 aromatic carbocycles. The van der Waals surface area contributed by atoms with Crippen molar-refractivity contribution in [1.82, 2.24) is 9.97 Å². The van der Waals surface area contributed by atoms with E-state index < -0.39 is 0 Å². The molecule has 0 bridgehead atoms. The van der Waals surface area contributed by atoms with Crippen LogP contribution in [0.4, 0.5) is 5.82 Å². The molecule has 82 valence electrons. The number of nitrogens with zero attached hydrogens (tertiary/aromatic N) is 2. The highest BCUT2D eigenvalue weighted by molar-refractivity contribution is 6.32. The molecule has 0 unspecified atom stereocenters. The topological polar surface area (TPSA) is 49.0 Å². The summed E-state index contributed by atoms with van der Waals surface area (Å²) in [4.78, 5) is 20.0. The van der Waals surface area contributed by atoms with Gasteiger partial charge in [0.1, 0.15) is 5.02 Å². The van der Waals surface area contributed by atoms with Gasteiger partial charge in [0.25, 0.3) is 5.56 Å². The molecule has 2 rings (SSSR count). The van der Waals surface area contributed by atoms with Crippen LogP contribution in [0.5, 0.6) is 0 Å². The normalized spacial score (nSPS) is 18.1. The van der Waals surface area contributed by atoms with E-state index in [2.05, 4.69) is 21.8 Å². The number of hydrogen-bond donors (Lipinski definition) is 1. The summed E-state index contributed by atoms with van der Waals surface area (Å²) in [5.41, 5.74) is -0.264. The van der Waals surface area contributed by atoms with Gasteiger partial charge in [0.2, 0.25) is 0 Å². The fraction of sp³-hybridized carbons (Fsp3) is 0.600. The van der Waals surface area contributed by atoms with Crippen LogP contribution >= 0.6 is 11.6 Å². The van der Waals surface area contributed by atoms with Crippen LogP contribution in [0.25, 0.3) is 0 Å².